The molecule has 0 aliphatic carbocycles. The van der Waals surface area contributed by atoms with Crippen molar-refractivity contribution < 1.29 is 9.59 Å². The van der Waals surface area contributed by atoms with Crippen molar-refractivity contribution in [3.05, 3.63) is 47.8 Å². The SMILES string of the molecule is Cc1ccnn1-c1ccc(C(=O)N2CCNC(=O)[C@@H]2C(C)C)cc1. The van der Waals surface area contributed by atoms with Gasteiger partial charge in [-0.15, -0.1) is 0 Å². The molecule has 0 spiro atoms. The molecule has 1 aliphatic heterocycles. The smallest absolute Gasteiger partial charge is 0.254 e. The molecule has 126 valence electrons. The van der Waals surface area contributed by atoms with Crippen molar-refractivity contribution >= 4 is 11.8 Å². The van der Waals surface area contributed by atoms with Crippen molar-refractivity contribution in [2.45, 2.75) is 26.8 Å². The number of hydrogen-bond donors (Lipinski definition) is 1. The number of rotatable bonds is 3. The second kappa shape index (κ2) is 6.47. The average Bonchev–Trinajstić information content (AvgIpc) is 3.00. The first-order chi connectivity index (χ1) is 11.5. The Hall–Kier alpha value is -2.63. The molecule has 1 aliphatic rings. The zero-order valence-electron chi connectivity index (χ0n) is 14.2. The third-order valence-corrected chi connectivity index (χ3v) is 4.34. The molecule has 1 N–H and O–H groups in total. The number of aromatic nitrogens is 2. The number of nitrogens with zero attached hydrogens (tertiary/aromatic N) is 3. The Balaban J connectivity index is 1.84. The van der Waals surface area contributed by atoms with Crippen LogP contribution in [0.15, 0.2) is 36.5 Å². The summed E-state index contributed by atoms with van der Waals surface area (Å²) in [5, 5.41) is 7.10. The summed E-state index contributed by atoms with van der Waals surface area (Å²) in [5.41, 5.74) is 2.52. The maximum Gasteiger partial charge on any atom is 0.254 e. The molecule has 0 bridgehead atoms. The Morgan fingerprint density at radius 1 is 1.25 bits per heavy atom. The molecule has 0 saturated carbocycles. The fourth-order valence-electron chi connectivity index (χ4n) is 3.13. The number of hydrogen-bond acceptors (Lipinski definition) is 3. The van der Waals surface area contributed by atoms with Crippen LogP contribution in [0.1, 0.15) is 29.9 Å². The third-order valence-electron chi connectivity index (χ3n) is 4.34. The number of amides is 2. The normalized spacial score (nSPS) is 17.9. The summed E-state index contributed by atoms with van der Waals surface area (Å²) in [7, 11) is 0. The van der Waals surface area contributed by atoms with E-state index in [1.54, 1.807) is 23.2 Å². The minimum absolute atomic E-state index is 0.0697. The van der Waals surface area contributed by atoms with Crippen LogP contribution in [0.4, 0.5) is 0 Å². The molecule has 0 radical (unpaired) electrons. The zero-order valence-corrected chi connectivity index (χ0v) is 14.2. The second-order valence-corrected chi connectivity index (χ2v) is 6.41. The summed E-state index contributed by atoms with van der Waals surface area (Å²) < 4.78 is 1.82. The molecule has 6 heteroatoms. The molecule has 1 aromatic carbocycles. The van der Waals surface area contributed by atoms with Crippen LogP contribution in [-0.4, -0.2) is 45.6 Å². The first-order valence-electron chi connectivity index (χ1n) is 8.19. The Labute approximate surface area is 141 Å². The highest BCUT2D eigenvalue weighted by molar-refractivity contribution is 5.98. The van der Waals surface area contributed by atoms with Crippen LogP contribution in [-0.2, 0) is 4.79 Å². The predicted molar refractivity (Wildman–Crippen MR) is 91.0 cm³/mol. The lowest BCUT2D eigenvalue weighted by molar-refractivity contribution is -0.129. The highest BCUT2D eigenvalue weighted by Crippen LogP contribution is 2.19. The molecule has 1 fully saturated rings. The largest absolute Gasteiger partial charge is 0.353 e. The van der Waals surface area contributed by atoms with Crippen molar-refractivity contribution in [1.82, 2.24) is 20.0 Å². The first-order valence-corrected chi connectivity index (χ1v) is 8.19. The maximum absolute atomic E-state index is 12.8. The van der Waals surface area contributed by atoms with Crippen molar-refractivity contribution in [1.29, 1.82) is 0 Å². The molecular weight excluding hydrogens is 304 g/mol. The highest BCUT2D eigenvalue weighted by atomic mass is 16.2. The Kier molecular flexibility index (Phi) is 4.38. The van der Waals surface area contributed by atoms with Crippen LogP contribution in [0.2, 0.25) is 0 Å². The van der Waals surface area contributed by atoms with E-state index in [0.717, 1.165) is 11.4 Å². The topological polar surface area (TPSA) is 67.2 Å². The van der Waals surface area contributed by atoms with Crippen LogP contribution in [0, 0.1) is 12.8 Å². The van der Waals surface area contributed by atoms with Gasteiger partial charge in [-0.2, -0.15) is 5.10 Å². The summed E-state index contributed by atoms with van der Waals surface area (Å²) in [6, 6.07) is 8.85. The van der Waals surface area contributed by atoms with Crippen molar-refractivity contribution in [3.8, 4) is 5.69 Å². The summed E-state index contributed by atoms with van der Waals surface area (Å²) in [4.78, 5) is 26.6. The fourth-order valence-corrected chi connectivity index (χ4v) is 3.13. The van der Waals surface area contributed by atoms with E-state index in [-0.39, 0.29) is 17.7 Å². The molecule has 0 unspecified atom stereocenters. The van der Waals surface area contributed by atoms with Crippen LogP contribution in [0.25, 0.3) is 5.69 Å². The maximum atomic E-state index is 12.8. The number of benzene rings is 1. The van der Waals surface area contributed by atoms with Gasteiger partial charge in [0.25, 0.3) is 5.91 Å². The molecule has 1 saturated heterocycles. The fraction of sp³-hybridized carbons (Fsp3) is 0.389. The second-order valence-electron chi connectivity index (χ2n) is 6.41. The van der Waals surface area contributed by atoms with Gasteiger partial charge >= 0.3 is 0 Å². The Bertz CT molecular complexity index is 749. The summed E-state index contributed by atoms with van der Waals surface area (Å²) in [5.74, 6) is -0.110. The van der Waals surface area contributed by atoms with Gasteiger partial charge < -0.3 is 10.2 Å². The molecular formula is C18H22N4O2. The standard InChI is InChI=1S/C18H22N4O2/c1-12(2)16-17(23)19-10-11-21(16)18(24)14-4-6-15(7-5-14)22-13(3)8-9-20-22/h4-9,12,16H,10-11H2,1-3H3,(H,19,23)/t16-/m0/s1. The number of aryl methyl sites for hydroxylation is 1. The minimum Gasteiger partial charge on any atom is -0.353 e. The predicted octanol–water partition coefficient (Wildman–Crippen LogP) is 1.78. The molecule has 24 heavy (non-hydrogen) atoms. The van der Waals surface area contributed by atoms with Gasteiger partial charge in [-0.25, -0.2) is 4.68 Å². The van der Waals surface area contributed by atoms with E-state index < -0.39 is 6.04 Å². The molecule has 2 heterocycles. The van der Waals surface area contributed by atoms with Gasteiger partial charge in [0.1, 0.15) is 6.04 Å². The summed E-state index contributed by atoms with van der Waals surface area (Å²) >= 11 is 0. The van der Waals surface area contributed by atoms with E-state index in [4.69, 9.17) is 0 Å². The number of nitrogens with one attached hydrogen (secondary N) is 1. The Morgan fingerprint density at radius 2 is 1.96 bits per heavy atom. The first kappa shape index (κ1) is 16.2. The average molecular weight is 326 g/mol. The van der Waals surface area contributed by atoms with E-state index >= 15 is 0 Å². The van der Waals surface area contributed by atoms with Crippen LogP contribution in [0.5, 0.6) is 0 Å². The van der Waals surface area contributed by atoms with Gasteiger partial charge in [0, 0.05) is 30.5 Å². The van der Waals surface area contributed by atoms with Gasteiger partial charge in [-0.05, 0) is 43.2 Å². The van der Waals surface area contributed by atoms with Crippen LogP contribution in [0.3, 0.4) is 0 Å². The molecule has 2 aromatic rings. The van der Waals surface area contributed by atoms with E-state index in [2.05, 4.69) is 10.4 Å². The Morgan fingerprint density at radius 3 is 2.54 bits per heavy atom. The highest BCUT2D eigenvalue weighted by Gasteiger charge is 2.35. The number of carbonyl (C=O) groups is 2. The minimum atomic E-state index is -0.417. The number of carbonyl (C=O) groups excluding carboxylic acids is 2. The quantitative estimate of drug-likeness (QED) is 0.935. The van der Waals surface area contributed by atoms with Crippen LogP contribution < -0.4 is 5.32 Å². The lowest BCUT2D eigenvalue weighted by Crippen LogP contribution is -2.59. The zero-order chi connectivity index (χ0) is 17.3. The van der Waals surface area contributed by atoms with Gasteiger partial charge in [0.2, 0.25) is 5.91 Å². The number of piperazine rings is 1. The van der Waals surface area contributed by atoms with Crippen molar-refractivity contribution in [2.24, 2.45) is 5.92 Å². The van der Waals surface area contributed by atoms with Gasteiger partial charge in [-0.1, -0.05) is 13.8 Å². The van der Waals surface area contributed by atoms with Gasteiger partial charge in [0.05, 0.1) is 5.69 Å². The van der Waals surface area contributed by atoms with Crippen molar-refractivity contribution in [3.63, 3.8) is 0 Å². The van der Waals surface area contributed by atoms with E-state index in [9.17, 15) is 9.59 Å². The molecule has 3 rings (SSSR count). The third kappa shape index (κ3) is 2.91. The van der Waals surface area contributed by atoms with E-state index in [1.165, 1.54) is 0 Å². The summed E-state index contributed by atoms with van der Waals surface area (Å²) in [6.45, 7) is 6.93. The molecule has 1 aromatic heterocycles. The van der Waals surface area contributed by atoms with E-state index in [1.807, 2.05) is 43.7 Å². The molecule has 1 atom stereocenters. The van der Waals surface area contributed by atoms with Gasteiger partial charge in [0.15, 0.2) is 0 Å². The monoisotopic (exact) mass is 326 g/mol. The van der Waals surface area contributed by atoms with Gasteiger partial charge in [-0.3, -0.25) is 9.59 Å². The lowest BCUT2D eigenvalue weighted by Gasteiger charge is -2.37. The van der Waals surface area contributed by atoms with E-state index in [0.29, 0.717) is 18.7 Å². The van der Waals surface area contributed by atoms with Crippen molar-refractivity contribution in [2.75, 3.05) is 13.1 Å². The lowest BCUT2D eigenvalue weighted by atomic mass is 9.98. The molecule has 2 amide bonds. The van der Waals surface area contributed by atoms with Crippen LogP contribution >= 0.6 is 0 Å². The summed E-state index contributed by atoms with van der Waals surface area (Å²) in [6.07, 6.45) is 1.74. The molecule has 6 nitrogen and oxygen atoms in total.